The SMILES string of the molecule is Cc1cc(N2CCN(CC(=O)Nc3ccc4c(ccn4C)c3)CC2)nc(N2CCC(C)CC2)n1. The molecule has 8 heteroatoms. The van der Waals surface area contributed by atoms with Gasteiger partial charge < -0.3 is 19.7 Å². The van der Waals surface area contributed by atoms with E-state index in [1.54, 1.807) is 0 Å². The number of hydrogen-bond donors (Lipinski definition) is 1. The summed E-state index contributed by atoms with van der Waals surface area (Å²) >= 11 is 0. The lowest BCUT2D eigenvalue weighted by molar-refractivity contribution is -0.117. The Kier molecular flexibility index (Phi) is 6.41. The number of piperazine rings is 1. The van der Waals surface area contributed by atoms with E-state index in [4.69, 9.17) is 9.97 Å². The molecule has 0 bridgehead atoms. The number of fused-ring (bicyclic) bond motifs is 1. The van der Waals surface area contributed by atoms with Crippen LogP contribution in [0.5, 0.6) is 0 Å². The average Bonchev–Trinajstić information content (AvgIpc) is 3.19. The molecule has 0 atom stereocenters. The fraction of sp³-hybridized carbons (Fsp3) is 0.500. The number of carbonyl (C=O) groups excluding carboxylic acids is 1. The molecule has 2 aromatic heterocycles. The van der Waals surface area contributed by atoms with Gasteiger partial charge in [0.05, 0.1) is 6.54 Å². The Balaban J connectivity index is 1.15. The molecule has 0 unspecified atom stereocenters. The minimum Gasteiger partial charge on any atom is -0.354 e. The molecule has 0 saturated carbocycles. The van der Waals surface area contributed by atoms with Crippen molar-refractivity contribution in [2.75, 3.05) is 60.9 Å². The fourth-order valence-corrected chi connectivity index (χ4v) is 4.95. The topological polar surface area (TPSA) is 69.5 Å². The summed E-state index contributed by atoms with van der Waals surface area (Å²) in [6.45, 7) is 10.2. The Morgan fingerprint density at radius 1 is 1.00 bits per heavy atom. The van der Waals surface area contributed by atoms with Gasteiger partial charge in [0.1, 0.15) is 5.82 Å². The number of nitrogens with one attached hydrogen (secondary N) is 1. The van der Waals surface area contributed by atoms with E-state index in [9.17, 15) is 4.79 Å². The van der Waals surface area contributed by atoms with E-state index in [1.165, 1.54) is 12.8 Å². The van der Waals surface area contributed by atoms with Crippen molar-refractivity contribution in [1.82, 2.24) is 19.4 Å². The molecule has 34 heavy (non-hydrogen) atoms. The van der Waals surface area contributed by atoms with E-state index < -0.39 is 0 Å². The maximum atomic E-state index is 12.7. The van der Waals surface area contributed by atoms with Gasteiger partial charge in [0.2, 0.25) is 11.9 Å². The minimum atomic E-state index is 0.0308. The lowest BCUT2D eigenvalue weighted by Crippen LogP contribution is -2.49. The molecule has 0 aliphatic carbocycles. The maximum absolute atomic E-state index is 12.7. The van der Waals surface area contributed by atoms with Gasteiger partial charge >= 0.3 is 0 Å². The van der Waals surface area contributed by atoms with Gasteiger partial charge in [-0.1, -0.05) is 6.92 Å². The summed E-state index contributed by atoms with van der Waals surface area (Å²) in [6.07, 6.45) is 4.43. The first kappa shape index (κ1) is 22.7. The van der Waals surface area contributed by atoms with Crippen LogP contribution in [0.4, 0.5) is 17.5 Å². The first-order valence-electron chi connectivity index (χ1n) is 12.4. The highest BCUT2D eigenvalue weighted by molar-refractivity contribution is 5.95. The van der Waals surface area contributed by atoms with Crippen LogP contribution in [0.25, 0.3) is 10.9 Å². The summed E-state index contributed by atoms with van der Waals surface area (Å²) in [4.78, 5) is 29.2. The number of piperidine rings is 1. The molecule has 180 valence electrons. The second-order valence-corrected chi connectivity index (χ2v) is 9.85. The minimum absolute atomic E-state index is 0.0308. The van der Waals surface area contributed by atoms with Crippen LogP contribution in [0.3, 0.4) is 0 Å². The van der Waals surface area contributed by atoms with Crippen molar-refractivity contribution in [2.24, 2.45) is 13.0 Å². The van der Waals surface area contributed by atoms with E-state index in [-0.39, 0.29) is 5.91 Å². The number of anilines is 3. The van der Waals surface area contributed by atoms with Crippen LogP contribution < -0.4 is 15.1 Å². The van der Waals surface area contributed by atoms with E-state index >= 15 is 0 Å². The van der Waals surface area contributed by atoms with Gasteiger partial charge in [-0.25, -0.2) is 4.98 Å². The molecule has 2 fully saturated rings. The molecule has 2 aliphatic heterocycles. The van der Waals surface area contributed by atoms with Crippen molar-refractivity contribution >= 4 is 34.3 Å². The van der Waals surface area contributed by atoms with Gasteiger partial charge in [0.15, 0.2) is 0 Å². The second kappa shape index (κ2) is 9.62. The van der Waals surface area contributed by atoms with Gasteiger partial charge in [0.25, 0.3) is 0 Å². The number of aromatic nitrogens is 3. The molecule has 1 aromatic carbocycles. The van der Waals surface area contributed by atoms with Gasteiger partial charge in [-0.05, 0) is 49.9 Å². The van der Waals surface area contributed by atoms with Crippen LogP contribution in [-0.4, -0.2) is 71.2 Å². The zero-order chi connectivity index (χ0) is 23.7. The van der Waals surface area contributed by atoms with Gasteiger partial charge in [-0.3, -0.25) is 9.69 Å². The zero-order valence-electron chi connectivity index (χ0n) is 20.5. The number of amides is 1. The molecule has 2 saturated heterocycles. The predicted octanol–water partition coefficient (Wildman–Crippen LogP) is 3.27. The zero-order valence-corrected chi connectivity index (χ0v) is 20.5. The predicted molar refractivity (Wildman–Crippen MR) is 138 cm³/mol. The number of hydrogen-bond acceptors (Lipinski definition) is 6. The fourth-order valence-electron chi connectivity index (χ4n) is 4.95. The second-order valence-electron chi connectivity index (χ2n) is 9.85. The number of carbonyl (C=O) groups is 1. The van der Waals surface area contributed by atoms with Crippen LogP contribution in [0.15, 0.2) is 36.5 Å². The van der Waals surface area contributed by atoms with Crippen molar-refractivity contribution in [3.8, 4) is 0 Å². The summed E-state index contributed by atoms with van der Waals surface area (Å²) in [6, 6.07) is 10.2. The Bertz CT molecular complexity index is 1160. The van der Waals surface area contributed by atoms with Crippen LogP contribution >= 0.6 is 0 Å². The van der Waals surface area contributed by atoms with E-state index in [2.05, 4.69) is 50.6 Å². The average molecular weight is 462 g/mol. The lowest BCUT2D eigenvalue weighted by atomic mass is 10.00. The van der Waals surface area contributed by atoms with Gasteiger partial charge in [0, 0.05) is 80.9 Å². The number of rotatable bonds is 5. The van der Waals surface area contributed by atoms with Crippen LogP contribution in [0.1, 0.15) is 25.5 Å². The molecule has 0 radical (unpaired) electrons. The molecule has 1 amide bonds. The quantitative estimate of drug-likeness (QED) is 0.629. The lowest BCUT2D eigenvalue weighted by Gasteiger charge is -2.36. The Labute approximate surface area is 201 Å². The van der Waals surface area contributed by atoms with E-state index in [0.717, 1.165) is 79.2 Å². The van der Waals surface area contributed by atoms with Gasteiger partial charge in [-0.2, -0.15) is 4.98 Å². The van der Waals surface area contributed by atoms with E-state index in [0.29, 0.717) is 6.54 Å². The smallest absolute Gasteiger partial charge is 0.238 e. The van der Waals surface area contributed by atoms with Crippen LogP contribution in [-0.2, 0) is 11.8 Å². The Morgan fingerprint density at radius 2 is 1.76 bits per heavy atom. The highest BCUT2D eigenvalue weighted by atomic mass is 16.2. The summed E-state index contributed by atoms with van der Waals surface area (Å²) in [7, 11) is 2.03. The molecule has 1 N–H and O–H groups in total. The molecule has 5 rings (SSSR count). The highest BCUT2D eigenvalue weighted by Crippen LogP contribution is 2.24. The number of aryl methyl sites for hydroxylation is 2. The molecule has 0 spiro atoms. The standard InChI is InChI=1S/C26H35N7O/c1-19-6-10-33(11-7-19)26-27-20(2)16-24(29-26)32-14-12-31(13-15-32)18-25(34)28-22-4-5-23-21(17-22)8-9-30(23)3/h4-5,8-9,16-17,19H,6-7,10-15,18H2,1-3H3,(H,28,34). The molecule has 2 aliphatic rings. The largest absolute Gasteiger partial charge is 0.354 e. The first-order chi connectivity index (χ1) is 16.4. The Hall–Kier alpha value is -3.13. The van der Waals surface area contributed by atoms with Gasteiger partial charge in [-0.15, -0.1) is 0 Å². The molecule has 4 heterocycles. The third kappa shape index (κ3) is 5.01. The molecular formula is C26H35N7O. The Morgan fingerprint density at radius 3 is 2.53 bits per heavy atom. The third-order valence-corrected chi connectivity index (χ3v) is 7.13. The van der Waals surface area contributed by atoms with Crippen molar-refractivity contribution < 1.29 is 4.79 Å². The molecule has 8 nitrogen and oxygen atoms in total. The molecule has 3 aromatic rings. The summed E-state index contributed by atoms with van der Waals surface area (Å²) in [5.41, 5.74) is 3.02. The van der Waals surface area contributed by atoms with Crippen molar-refractivity contribution in [1.29, 1.82) is 0 Å². The maximum Gasteiger partial charge on any atom is 0.238 e. The highest BCUT2D eigenvalue weighted by Gasteiger charge is 2.23. The first-order valence-corrected chi connectivity index (χ1v) is 12.4. The third-order valence-electron chi connectivity index (χ3n) is 7.13. The molecular weight excluding hydrogens is 426 g/mol. The van der Waals surface area contributed by atoms with Crippen molar-refractivity contribution in [3.05, 3.63) is 42.2 Å². The summed E-state index contributed by atoms with van der Waals surface area (Å²) in [5.74, 6) is 2.68. The normalized spacial score (nSPS) is 18.0. The van der Waals surface area contributed by atoms with Crippen LogP contribution in [0.2, 0.25) is 0 Å². The van der Waals surface area contributed by atoms with Crippen LogP contribution in [0, 0.1) is 12.8 Å². The van der Waals surface area contributed by atoms with Crippen molar-refractivity contribution in [3.63, 3.8) is 0 Å². The summed E-state index contributed by atoms with van der Waals surface area (Å²) in [5, 5.41) is 4.19. The number of nitrogens with zero attached hydrogens (tertiary/aromatic N) is 6. The summed E-state index contributed by atoms with van der Waals surface area (Å²) < 4.78 is 2.08. The monoisotopic (exact) mass is 461 g/mol. The van der Waals surface area contributed by atoms with Crippen molar-refractivity contribution in [2.45, 2.75) is 26.7 Å². The number of benzene rings is 1. The van der Waals surface area contributed by atoms with E-state index in [1.807, 2.05) is 31.4 Å².